The first kappa shape index (κ1) is 19.0. The molecule has 0 saturated carbocycles. The lowest BCUT2D eigenvalue weighted by molar-refractivity contribution is 0.602. The van der Waals surface area contributed by atoms with Crippen LogP contribution < -0.4 is 11.1 Å². The SMILES string of the molecule is CC(C)c1cccc(NC(N)=NCCc2ccc(S(C)(=O)=O)cc2)c1. The largest absolute Gasteiger partial charge is 0.370 e. The predicted molar refractivity (Wildman–Crippen MR) is 104 cm³/mol. The minimum atomic E-state index is -3.16. The smallest absolute Gasteiger partial charge is 0.193 e. The van der Waals surface area contributed by atoms with Crippen LogP contribution in [0.5, 0.6) is 0 Å². The number of nitrogens with one attached hydrogen (secondary N) is 1. The second kappa shape index (κ2) is 8.16. The molecule has 0 aromatic heterocycles. The Kier molecular flexibility index (Phi) is 6.20. The topological polar surface area (TPSA) is 84.5 Å². The molecular formula is C19H25N3O2S. The zero-order valence-electron chi connectivity index (χ0n) is 14.9. The molecule has 0 spiro atoms. The van der Waals surface area contributed by atoms with Crippen LogP contribution in [0.1, 0.15) is 30.9 Å². The van der Waals surface area contributed by atoms with E-state index in [1.807, 2.05) is 24.3 Å². The highest BCUT2D eigenvalue weighted by Crippen LogP contribution is 2.18. The molecule has 2 aromatic carbocycles. The summed E-state index contributed by atoms with van der Waals surface area (Å²) < 4.78 is 22.9. The van der Waals surface area contributed by atoms with Crippen LogP contribution in [0, 0.1) is 0 Å². The Morgan fingerprint density at radius 1 is 1.16 bits per heavy atom. The molecule has 0 saturated heterocycles. The number of nitrogens with zero attached hydrogens (tertiary/aromatic N) is 1. The Balaban J connectivity index is 1.92. The van der Waals surface area contributed by atoms with E-state index in [1.54, 1.807) is 12.1 Å². The number of nitrogens with two attached hydrogens (primary N) is 1. The molecule has 0 aliphatic rings. The van der Waals surface area contributed by atoms with Gasteiger partial charge in [-0.1, -0.05) is 38.1 Å². The third-order valence-electron chi connectivity index (χ3n) is 3.86. The third kappa shape index (κ3) is 5.90. The minimum Gasteiger partial charge on any atom is -0.370 e. The summed E-state index contributed by atoms with van der Waals surface area (Å²) in [6.45, 7) is 4.82. The van der Waals surface area contributed by atoms with E-state index in [0.29, 0.717) is 29.7 Å². The molecule has 0 bridgehead atoms. The zero-order valence-corrected chi connectivity index (χ0v) is 15.7. The molecule has 25 heavy (non-hydrogen) atoms. The second-order valence-corrected chi connectivity index (χ2v) is 8.35. The quantitative estimate of drug-likeness (QED) is 0.613. The van der Waals surface area contributed by atoms with Crippen LogP contribution in [0.3, 0.4) is 0 Å². The fourth-order valence-corrected chi connectivity index (χ4v) is 3.00. The Bertz CT molecular complexity index is 841. The number of hydrogen-bond acceptors (Lipinski definition) is 3. The number of sulfone groups is 1. The van der Waals surface area contributed by atoms with E-state index in [1.165, 1.54) is 11.8 Å². The molecular weight excluding hydrogens is 334 g/mol. The van der Waals surface area contributed by atoms with Crippen LogP contribution in [0.25, 0.3) is 0 Å². The lowest BCUT2D eigenvalue weighted by atomic mass is 10.0. The lowest BCUT2D eigenvalue weighted by Crippen LogP contribution is -2.23. The second-order valence-electron chi connectivity index (χ2n) is 6.34. The van der Waals surface area contributed by atoms with E-state index in [0.717, 1.165) is 11.3 Å². The average Bonchev–Trinajstić information content (AvgIpc) is 2.54. The van der Waals surface area contributed by atoms with E-state index >= 15 is 0 Å². The molecule has 0 radical (unpaired) electrons. The molecule has 6 heteroatoms. The average molecular weight is 359 g/mol. The molecule has 2 rings (SSSR count). The summed E-state index contributed by atoms with van der Waals surface area (Å²) in [6.07, 6.45) is 1.89. The van der Waals surface area contributed by atoms with Crippen molar-refractivity contribution < 1.29 is 8.42 Å². The van der Waals surface area contributed by atoms with Gasteiger partial charge < -0.3 is 11.1 Å². The van der Waals surface area contributed by atoms with Crippen LogP contribution in [0.15, 0.2) is 58.4 Å². The van der Waals surface area contributed by atoms with Crippen LogP contribution in [0.2, 0.25) is 0 Å². The van der Waals surface area contributed by atoms with Gasteiger partial charge in [-0.05, 0) is 47.7 Å². The van der Waals surface area contributed by atoms with E-state index in [2.05, 4.69) is 36.3 Å². The van der Waals surface area contributed by atoms with Crippen molar-refractivity contribution in [1.82, 2.24) is 0 Å². The van der Waals surface area contributed by atoms with Crippen molar-refractivity contribution >= 4 is 21.5 Å². The molecule has 0 fully saturated rings. The maximum Gasteiger partial charge on any atom is 0.193 e. The minimum absolute atomic E-state index is 0.325. The highest BCUT2D eigenvalue weighted by Gasteiger charge is 2.06. The summed E-state index contributed by atoms with van der Waals surface area (Å²) in [7, 11) is -3.16. The predicted octanol–water partition coefficient (Wildman–Crippen LogP) is 3.18. The van der Waals surface area contributed by atoms with Gasteiger partial charge in [0, 0.05) is 18.5 Å². The van der Waals surface area contributed by atoms with Crippen LogP contribution in [-0.2, 0) is 16.3 Å². The first-order valence-corrected chi connectivity index (χ1v) is 10.1. The first-order chi connectivity index (χ1) is 11.8. The van der Waals surface area contributed by atoms with Crippen molar-refractivity contribution in [2.45, 2.75) is 31.1 Å². The fourth-order valence-electron chi connectivity index (χ4n) is 2.37. The van der Waals surface area contributed by atoms with Crippen molar-refractivity contribution in [3.05, 3.63) is 59.7 Å². The Hall–Kier alpha value is -2.34. The maximum absolute atomic E-state index is 11.4. The maximum atomic E-state index is 11.4. The number of aliphatic imine (C=N–C) groups is 1. The molecule has 0 atom stereocenters. The van der Waals surface area contributed by atoms with Crippen molar-refractivity contribution in [1.29, 1.82) is 0 Å². The number of benzene rings is 2. The van der Waals surface area contributed by atoms with Crippen molar-refractivity contribution in [2.24, 2.45) is 10.7 Å². The summed E-state index contributed by atoms with van der Waals surface area (Å²) in [6, 6.07) is 15.0. The van der Waals surface area contributed by atoms with E-state index < -0.39 is 9.84 Å². The molecule has 0 unspecified atom stereocenters. The van der Waals surface area contributed by atoms with Gasteiger partial charge in [0.05, 0.1) is 4.90 Å². The molecule has 0 aliphatic carbocycles. The van der Waals surface area contributed by atoms with Gasteiger partial charge in [0.25, 0.3) is 0 Å². The number of guanidine groups is 1. The molecule has 134 valence electrons. The summed E-state index contributed by atoms with van der Waals surface area (Å²) in [5.41, 5.74) is 9.12. The summed E-state index contributed by atoms with van der Waals surface area (Å²) in [5, 5.41) is 3.10. The van der Waals surface area contributed by atoms with Crippen molar-refractivity contribution in [2.75, 3.05) is 18.1 Å². The zero-order chi connectivity index (χ0) is 18.4. The monoisotopic (exact) mass is 359 g/mol. The van der Waals surface area contributed by atoms with Crippen LogP contribution in [-0.4, -0.2) is 27.2 Å². The van der Waals surface area contributed by atoms with Crippen molar-refractivity contribution in [3.63, 3.8) is 0 Å². The van der Waals surface area contributed by atoms with Crippen LogP contribution in [0.4, 0.5) is 5.69 Å². The van der Waals surface area contributed by atoms with Crippen LogP contribution >= 0.6 is 0 Å². The standard InChI is InChI=1S/C19H25N3O2S/c1-14(2)16-5-4-6-17(13-16)22-19(20)21-12-11-15-7-9-18(10-8-15)25(3,23)24/h4-10,13-14H,11-12H2,1-3H3,(H3,20,21,22). The summed E-state index contributed by atoms with van der Waals surface area (Å²) in [4.78, 5) is 4.65. The number of hydrogen-bond donors (Lipinski definition) is 2. The van der Waals surface area contributed by atoms with E-state index in [-0.39, 0.29) is 0 Å². The van der Waals surface area contributed by atoms with E-state index in [9.17, 15) is 8.42 Å². The highest BCUT2D eigenvalue weighted by molar-refractivity contribution is 7.90. The van der Waals surface area contributed by atoms with Gasteiger partial charge in [-0.25, -0.2) is 8.42 Å². The molecule has 0 heterocycles. The number of rotatable bonds is 6. The Labute approximate surface area is 149 Å². The summed E-state index contributed by atoms with van der Waals surface area (Å²) >= 11 is 0. The van der Waals surface area contributed by atoms with E-state index in [4.69, 9.17) is 5.73 Å². The van der Waals surface area contributed by atoms with Gasteiger partial charge in [0.2, 0.25) is 0 Å². The Morgan fingerprint density at radius 3 is 2.44 bits per heavy atom. The molecule has 2 aromatic rings. The van der Waals surface area contributed by atoms with Crippen molar-refractivity contribution in [3.8, 4) is 0 Å². The lowest BCUT2D eigenvalue weighted by Gasteiger charge is -2.10. The van der Waals surface area contributed by atoms with Gasteiger partial charge >= 0.3 is 0 Å². The summed E-state index contributed by atoms with van der Waals surface area (Å²) in [5.74, 6) is 0.823. The molecule has 0 amide bonds. The van der Waals surface area contributed by atoms with Gasteiger partial charge in [0.15, 0.2) is 15.8 Å². The number of anilines is 1. The molecule has 3 N–H and O–H groups in total. The molecule has 0 aliphatic heterocycles. The normalized spacial score (nSPS) is 12.4. The van der Waals surface area contributed by atoms with Gasteiger partial charge in [0.1, 0.15) is 0 Å². The fraction of sp³-hybridized carbons (Fsp3) is 0.316. The first-order valence-electron chi connectivity index (χ1n) is 8.21. The Morgan fingerprint density at radius 2 is 1.84 bits per heavy atom. The third-order valence-corrected chi connectivity index (χ3v) is 4.99. The highest BCUT2D eigenvalue weighted by atomic mass is 32.2. The van der Waals surface area contributed by atoms with Gasteiger partial charge in [-0.2, -0.15) is 0 Å². The molecule has 5 nitrogen and oxygen atoms in total. The van der Waals surface area contributed by atoms with Gasteiger partial charge in [-0.15, -0.1) is 0 Å². The van der Waals surface area contributed by atoms with Gasteiger partial charge in [-0.3, -0.25) is 4.99 Å².